The molecule has 1 aromatic carbocycles. The lowest BCUT2D eigenvalue weighted by molar-refractivity contribution is -0.140. The maximum atomic E-state index is 11.0. The maximum Gasteiger partial charge on any atom is 0.333 e. The highest BCUT2D eigenvalue weighted by molar-refractivity contribution is 6.15. The minimum Gasteiger partial charge on any atom is -0.457 e. The smallest absolute Gasteiger partial charge is 0.333 e. The molecule has 0 aliphatic carbocycles. The molecule has 0 aromatic heterocycles. The van der Waals surface area contributed by atoms with Crippen LogP contribution in [0.3, 0.4) is 0 Å². The zero-order chi connectivity index (χ0) is 11.7. The molecule has 0 saturated heterocycles. The van der Waals surface area contributed by atoms with Gasteiger partial charge in [0.25, 0.3) is 0 Å². The quantitative estimate of drug-likeness (QED) is 0.450. The molecule has 82 valence electrons. The fraction of sp³-hybridized carbons (Fsp3) is 0.250. The van der Waals surface area contributed by atoms with Crippen LogP contribution in [-0.2, 0) is 16.1 Å². The number of carbonyl (C=O) groups excluding carboxylic acids is 1. The van der Waals surface area contributed by atoms with Gasteiger partial charge < -0.3 is 4.74 Å². The number of benzene rings is 1. The van der Waals surface area contributed by atoms with Crippen molar-refractivity contribution >= 4 is 17.6 Å². The molecule has 15 heavy (non-hydrogen) atoms. The second kappa shape index (κ2) is 8.06. The largest absolute Gasteiger partial charge is 0.457 e. The first-order chi connectivity index (χ1) is 7.20. The third-order valence-electron chi connectivity index (χ3n) is 1.56. The first-order valence-corrected chi connectivity index (χ1v) is 5.20. The first-order valence-electron chi connectivity index (χ1n) is 4.44. The molecule has 3 heteroatoms. The van der Waals surface area contributed by atoms with Crippen molar-refractivity contribution in [1.29, 1.82) is 0 Å². The number of halogens is 1. The lowest BCUT2D eigenvalue weighted by atomic mass is 10.2. The minimum atomic E-state index is -0.344. The van der Waals surface area contributed by atoms with Gasteiger partial charge in [0.1, 0.15) is 6.61 Å². The number of alkyl halides is 1. The van der Waals surface area contributed by atoms with Gasteiger partial charge in [0.05, 0.1) is 0 Å². The molecule has 0 spiro atoms. The van der Waals surface area contributed by atoms with Crippen molar-refractivity contribution in [1.82, 2.24) is 0 Å². The van der Waals surface area contributed by atoms with Gasteiger partial charge in [0, 0.05) is 12.0 Å². The van der Waals surface area contributed by atoms with Gasteiger partial charge in [-0.25, -0.2) is 4.79 Å². The van der Waals surface area contributed by atoms with Crippen molar-refractivity contribution in [2.24, 2.45) is 0 Å². The van der Waals surface area contributed by atoms with E-state index in [-0.39, 0.29) is 5.97 Å². The molecule has 0 N–H and O–H groups in total. The Morgan fingerprint density at radius 1 is 1.33 bits per heavy atom. The molecule has 0 aliphatic rings. The summed E-state index contributed by atoms with van der Waals surface area (Å²) in [5.41, 5.74) is 1.41. The van der Waals surface area contributed by atoms with Gasteiger partial charge in [0.15, 0.2) is 0 Å². The molecule has 1 aromatic rings. The third-order valence-corrected chi connectivity index (χ3v) is 1.56. The molecule has 0 aliphatic heterocycles. The number of carbonyl (C=O) groups is 1. The van der Waals surface area contributed by atoms with Crippen LogP contribution >= 0.6 is 11.6 Å². The van der Waals surface area contributed by atoms with Crippen LogP contribution in [0.2, 0.25) is 0 Å². The fourth-order valence-corrected chi connectivity index (χ4v) is 0.846. The monoisotopic (exact) mass is 226 g/mol. The molecule has 0 amide bonds. The average Bonchev–Trinajstić information content (AvgIpc) is 2.30. The Labute approximate surface area is 95.5 Å². The summed E-state index contributed by atoms with van der Waals surface area (Å²) in [6.07, 6.45) is 1.47. The van der Waals surface area contributed by atoms with E-state index in [1.54, 1.807) is 6.92 Å². The molecule has 0 bridgehead atoms. The summed E-state index contributed by atoms with van der Waals surface area (Å²) < 4.78 is 4.95. The Morgan fingerprint density at radius 2 is 1.87 bits per heavy atom. The first kappa shape index (κ1) is 13.7. The summed E-state index contributed by atoms with van der Waals surface area (Å²) in [7, 11) is 0. The van der Waals surface area contributed by atoms with E-state index in [1.807, 2.05) is 30.3 Å². The highest BCUT2D eigenvalue weighted by Crippen LogP contribution is 2.02. The van der Waals surface area contributed by atoms with Gasteiger partial charge in [-0.15, -0.1) is 11.6 Å². The van der Waals surface area contributed by atoms with Gasteiger partial charge in [0.2, 0.25) is 0 Å². The SMILES string of the molecule is C=C(C)C(=O)OCc1ccccc1.CCl. The molecule has 1 rings (SSSR count). The molecule has 2 nitrogen and oxygen atoms in total. The van der Waals surface area contributed by atoms with E-state index in [4.69, 9.17) is 4.74 Å². The zero-order valence-corrected chi connectivity index (χ0v) is 9.75. The van der Waals surface area contributed by atoms with Crippen LogP contribution in [0.25, 0.3) is 0 Å². The summed E-state index contributed by atoms with van der Waals surface area (Å²) in [6, 6.07) is 9.55. The van der Waals surface area contributed by atoms with Crippen molar-refractivity contribution in [3.8, 4) is 0 Å². The van der Waals surface area contributed by atoms with Crippen molar-refractivity contribution in [3.05, 3.63) is 48.0 Å². The topological polar surface area (TPSA) is 26.3 Å². The Bertz CT molecular complexity index is 307. The number of hydrogen-bond acceptors (Lipinski definition) is 2. The molecule has 0 radical (unpaired) electrons. The molecular weight excluding hydrogens is 212 g/mol. The number of esters is 1. The van der Waals surface area contributed by atoms with Crippen LogP contribution in [-0.4, -0.2) is 12.4 Å². The Morgan fingerprint density at radius 3 is 2.33 bits per heavy atom. The molecule has 0 heterocycles. The van der Waals surface area contributed by atoms with Crippen LogP contribution in [0, 0.1) is 0 Å². The normalized spacial score (nSPS) is 8.47. The summed E-state index contributed by atoms with van der Waals surface area (Å²) in [5.74, 6) is -0.344. The summed E-state index contributed by atoms with van der Waals surface area (Å²) in [5, 5.41) is 0. The van der Waals surface area contributed by atoms with E-state index in [2.05, 4.69) is 18.2 Å². The van der Waals surface area contributed by atoms with Crippen molar-refractivity contribution in [2.75, 3.05) is 6.38 Å². The number of rotatable bonds is 3. The Balaban J connectivity index is 0.000000921. The van der Waals surface area contributed by atoms with E-state index in [1.165, 1.54) is 6.38 Å². The number of ether oxygens (including phenoxy) is 1. The van der Waals surface area contributed by atoms with Crippen molar-refractivity contribution in [2.45, 2.75) is 13.5 Å². The lowest BCUT2D eigenvalue weighted by Crippen LogP contribution is -2.04. The van der Waals surface area contributed by atoms with Crippen LogP contribution in [0.15, 0.2) is 42.5 Å². The highest BCUT2D eigenvalue weighted by Gasteiger charge is 2.02. The fourth-order valence-electron chi connectivity index (χ4n) is 0.846. The second-order valence-electron chi connectivity index (χ2n) is 2.84. The van der Waals surface area contributed by atoms with Gasteiger partial charge >= 0.3 is 5.97 Å². The van der Waals surface area contributed by atoms with E-state index >= 15 is 0 Å². The van der Waals surface area contributed by atoms with E-state index in [0.29, 0.717) is 12.2 Å². The lowest BCUT2D eigenvalue weighted by Gasteiger charge is -2.03. The summed E-state index contributed by atoms with van der Waals surface area (Å²) >= 11 is 4.64. The highest BCUT2D eigenvalue weighted by atomic mass is 35.5. The summed E-state index contributed by atoms with van der Waals surface area (Å²) in [4.78, 5) is 11.0. The minimum absolute atomic E-state index is 0.312. The predicted molar refractivity (Wildman–Crippen MR) is 62.8 cm³/mol. The average molecular weight is 227 g/mol. The van der Waals surface area contributed by atoms with Crippen molar-refractivity contribution < 1.29 is 9.53 Å². The Hall–Kier alpha value is -1.28. The zero-order valence-electron chi connectivity index (χ0n) is 9.00. The van der Waals surface area contributed by atoms with Crippen LogP contribution in [0.1, 0.15) is 12.5 Å². The maximum absolute atomic E-state index is 11.0. The van der Waals surface area contributed by atoms with E-state index < -0.39 is 0 Å². The standard InChI is InChI=1S/C11H12O2.CH3Cl/c1-9(2)11(12)13-8-10-6-4-3-5-7-10;1-2/h3-7H,1,8H2,2H3;1H3. The van der Waals surface area contributed by atoms with Gasteiger partial charge in [-0.1, -0.05) is 36.9 Å². The molecule has 0 atom stereocenters. The van der Waals surface area contributed by atoms with E-state index in [0.717, 1.165) is 5.56 Å². The van der Waals surface area contributed by atoms with Crippen LogP contribution < -0.4 is 0 Å². The molecule has 0 fully saturated rings. The van der Waals surface area contributed by atoms with Gasteiger partial charge in [-0.2, -0.15) is 0 Å². The molecular formula is C12H15ClO2. The molecule has 0 saturated carbocycles. The van der Waals surface area contributed by atoms with Crippen LogP contribution in [0.4, 0.5) is 0 Å². The van der Waals surface area contributed by atoms with Gasteiger partial charge in [-0.3, -0.25) is 0 Å². The predicted octanol–water partition coefficient (Wildman–Crippen LogP) is 3.16. The Kier molecular flexibility index (Phi) is 7.38. The number of hydrogen-bond donors (Lipinski definition) is 0. The van der Waals surface area contributed by atoms with Crippen LogP contribution in [0.5, 0.6) is 0 Å². The second-order valence-corrected chi connectivity index (χ2v) is 2.84. The van der Waals surface area contributed by atoms with Crippen molar-refractivity contribution in [3.63, 3.8) is 0 Å². The summed E-state index contributed by atoms with van der Waals surface area (Å²) in [6.45, 7) is 5.44. The van der Waals surface area contributed by atoms with Gasteiger partial charge in [-0.05, 0) is 12.5 Å². The third kappa shape index (κ3) is 5.92. The molecule has 0 unspecified atom stereocenters. The van der Waals surface area contributed by atoms with E-state index in [9.17, 15) is 4.79 Å².